The van der Waals surface area contributed by atoms with E-state index in [9.17, 15) is 4.39 Å². The number of nitrogens with zero attached hydrogens (tertiary/aromatic N) is 2. The molecule has 2 aromatic rings. The van der Waals surface area contributed by atoms with Gasteiger partial charge in [-0.1, -0.05) is 0 Å². The summed E-state index contributed by atoms with van der Waals surface area (Å²) >= 11 is 0. The van der Waals surface area contributed by atoms with E-state index in [0.717, 1.165) is 12.1 Å². The van der Waals surface area contributed by atoms with E-state index < -0.39 is 0 Å². The molecule has 0 amide bonds. The highest BCUT2D eigenvalue weighted by Crippen LogP contribution is 2.23. The quantitative estimate of drug-likeness (QED) is 0.817. The fraction of sp³-hybridized carbons (Fsp3) is 0.308. The Labute approximate surface area is 105 Å². The van der Waals surface area contributed by atoms with Crippen LogP contribution in [0.2, 0.25) is 0 Å². The number of rotatable bonds is 5. The largest absolute Gasteiger partial charge is 0.449 e. The number of ether oxygens (including phenoxy) is 1. The molecule has 0 radical (unpaired) electrons. The molecule has 0 N–H and O–H groups in total. The van der Waals surface area contributed by atoms with Crippen molar-refractivity contribution in [1.29, 1.82) is 0 Å². The lowest BCUT2D eigenvalue weighted by atomic mass is 10.2. The van der Waals surface area contributed by atoms with Gasteiger partial charge in [-0.25, -0.2) is 4.39 Å². The Balaban J connectivity index is 1.99. The maximum atomic E-state index is 12.8. The molecule has 0 aliphatic carbocycles. The van der Waals surface area contributed by atoms with Gasteiger partial charge in [-0.3, -0.25) is 0 Å². The van der Waals surface area contributed by atoms with Gasteiger partial charge in [0.1, 0.15) is 12.4 Å². The first-order chi connectivity index (χ1) is 8.65. The average Bonchev–Trinajstić information content (AvgIpc) is 2.78. The van der Waals surface area contributed by atoms with Crippen LogP contribution in [0.4, 0.5) is 4.39 Å². The minimum absolute atomic E-state index is 0.233. The zero-order valence-electron chi connectivity index (χ0n) is 10.4. The Morgan fingerprint density at radius 2 is 2.00 bits per heavy atom. The monoisotopic (exact) mass is 250 g/mol. The van der Waals surface area contributed by atoms with Crippen LogP contribution in [-0.4, -0.2) is 37.1 Å². The summed E-state index contributed by atoms with van der Waals surface area (Å²) in [6, 6.07) is 6.04. The molecule has 0 spiro atoms. The molecule has 0 fully saturated rings. The van der Waals surface area contributed by atoms with Gasteiger partial charge in [0.05, 0.1) is 6.20 Å². The summed E-state index contributed by atoms with van der Waals surface area (Å²) in [6.07, 6.45) is 1.80. The number of hydrogen-bond donors (Lipinski definition) is 0. The van der Waals surface area contributed by atoms with Crippen LogP contribution in [-0.2, 0) is 0 Å². The number of hydrogen-bond acceptors (Lipinski definition) is 4. The van der Waals surface area contributed by atoms with Gasteiger partial charge >= 0.3 is 6.08 Å². The van der Waals surface area contributed by atoms with Gasteiger partial charge in [0.25, 0.3) is 0 Å². The second-order valence-corrected chi connectivity index (χ2v) is 4.15. The van der Waals surface area contributed by atoms with Crippen molar-refractivity contribution < 1.29 is 13.5 Å². The Morgan fingerprint density at radius 1 is 1.28 bits per heavy atom. The molecule has 1 heterocycles. The maximum Gasteiger partial charge on any atom is 0.394 e. The molecule has 1 aromatic carbocycles. The van der Waals surface area contributed by atoms with E-state index in [1.807, 2.05) is 19.0 Å². The smallest absolute Gasteiger partial charge is 0.394 e. The van der Waals surface area contributed by atoms with Crippen LogP contribution < -0.4 is 4.74 Å². The molecule has 4 nitrogen and oxygen atoms in total. The summed E-state index contributed by atoms with van der Waals surface area (Å²) in [5.41, 5.74) is 0.770. The summed E-state index contributed by atoms with van der Waals surface area (Å²) in [5, 5.41) is 0. The van der Waals surface area contributed by atoms with Crippen molar-refractivity contribution in [3.8, 4) is 17.4 Å². The summed E-state index contributed by atoms with van der Waals surface area (Å²) in [5.74, 6) is 0.288. The number of aromatic nitrogens is 1. The Kier molecular flexibility index (Phi) is 3.94. The van der Waals surface area contributed by atoms with Crippen LogP contribution in [0.15, 0.2) is 34.9 Å². The van der Waals surface area contributed by atoms with Crippen LogP contribution >= 0.6 is 0 Å². The van der Waals surface area contributed by atoms with Crippen molar-refractivity contribution in [2.45, 2.75) is 0 Å². The Bertz CT molecular complexity index is 494. The van der Waals surface area contributed by atoms with Crippen molar-refractivity contribution in [3.63, 3.8) is 0 Å². The molecule has 1 aromatic heterocycles. The molecule has 0 aliphatic heterocycles. The van der Waals surface area contributed by atoms with E-state index in [2.05, 4.69) is 4.98 Å². The number of likely N-dealkylation sites (N-methyl/N-ethyl adjacent to an activating group) is 1. The third-order valence-electron chi connectivity index (χ3n) is 2.38. The van der Waals surface area contributed by atoms with Crippen molar-refractivity contribution in [3.05, 3.63) is 36.3 Å². The predicted molar refractivity (Wildman–Crippen MR) is 65.9 cm³/mol. The van der Waals surface area contributed by atoms with Crippen molar-refractivity contribution >= 4 is 0 Å². The summed E-state index contributed by atoms with van der Waals surface area (Å²) < 4.78 is 23.5. The van der Waals surface area contributed by atoms with Crippen LogP contribution in [0, 0.1) is 5.82 Å². The molecule has 0 bridgehead atoms. The molecular formula is C13H15FN2O2. The van der Waals surface area contributed by atoms with Gasteiger partial charge in [-0.15, -0.1) is 0 Å². The van der Waals surface area contributed by atoms with E-state index in [4.69, 9.17) is 9.15 Å². The Morgan fingerprint density at radius 3 is 2.67 bits per heavy atom. The lowest BCUT2D eigenvalue weighted by Crippen LogP contribution is -2.19. The average molecular weight is 250 g/mol. The fourth-order valence-corrected chi connectivity index (χ4v) is 1.39. The van der Waals surface area contributed by atoms with Crippen LogP contribution in [0.25, 0.3) is 11.3 Å². The first-order valence-corrected chi connectivity index (χ1v) is 5.64. The summed E-state index contributed by atoms with van der Waals surface area (Å²) in [6.45, 7) is 1.30. The lowest BCUT2D eigenvalue weighted by molar-refractivity contribution is 0.205. The molecule has 0 saturated heterocycles. The molecule has 0 aliphatic rings. The molecule has 0 saturated carbocycles. The van der Waals surface area contributed by atoms with Gasteiger partial charge < -0.3 is 14.1 Å². The van der Waals surface area contributed by atoms with E-state index in [-0.39, 0.29) is 11.9 Å². The molecule has 0 atom stereocenters. The maximum absolute atomic E-state index is 12.8. The van der Waals surface area contributed by atoms with Crippen LogP contribution in [0.1, 0.15) is 0 Å². The van der Waals surface area contributed by atoms with Crippen molar-refractivity contribution in [2.75, 3.05) is 27.2 Å². The molecule has 96 valence electrons. The molecule has 2 rings (SSSR count). The fourth-order valence-electron chi connectivity index (χ4n) is 1.39. The van der Waals surface area contributed by atoms with Gasteiger partial charge in [0, 0.05) is 12.1 Å². The highest BCUT2D eigenvalue weighted by Gasteiger charge is 2.07. The second-order valence-electron chi connectivity index (χ2n) is 4.15. The second kappa shape index (κ2) is 5.64. The first kappa shape index (κ1) is 12.6. The third-order valence-corrected chi connectivity index (χ3v) is 2.38. The van der Waals surface area contributed by atoms with E-state index in [1.165, 1.54) is 12.1 Å². The standard InChI is InChI=1S/C13H15FN2O2/c1-16(2)7-8-17-13-15-9-12(18-13)10-3-5-11(14)6-4-10/h3-6,9H,7-8H2,1-2H3. The summed E-state index contributed by atoms with van der Waals surface area (Å²) in [4.78, 5) is 6.01. The molecule has 0 unspecified atom stereocenters. The predicted octanol–water partition coefficient (Wildman–Crippen LogP) is 2.42. The van der Waals surface area contributed by atoms with E-state index >= 15 is 0 Å². The zero-order valence-corrected chi connectivity index (χ0v) is 10.4. The number of oxazole rings is 1. The van der Waals surface area contributed by atoms with Crippen molar-refractivity contribution in [1.82, 2.24) is 9.88 Å². The highest BCUT2D eigenvalue weighted by atomic mass is 19.1. The highest BCUT2D eigenvalue weighted by molar-refractivity contribution is 5.56. The number of halogens is 1. The minimum atomic E-state index is -0.277. The van der Waals surface area contributed by atoms with E-state index in [0.29, 0.717) is 12.4 Å². The van der Waals surface area contributed by atoms with Crippen LogP contribution in [0.3, 0.4) is 0 Å². The van der Waals surface area contributed by atoms with Gasteiger partial charge in [0.15, 0.2) is 5.76 Å². The van der Waals surface area contributed by atoms with Gasteiger partial charge in [-0.2, -0.15) is 4.98 Å². The Hall–Kier alpha value is -1.88. The number of benzene rings is 1. The lowest BCUT2D eigenvalue weighted by Gasteiger charge is -2.07. The summed E-state index contributed by atoms with van der Waals surface area (Å²) in [7, 11) is 3.92. The normalized spacial score (nSPS) is 10.9. The first-order valence-electron chi connectivity index (χ1n) is 5.64. The minimum Gasteiger partial charge on any atom is -0.449 e. The van der Waals surface area contributed by atoms with Crippen molar-refractivity contribution in [2.24, 2.45) is 0 Å². The van der Waals surface area contributed by atoms with E-state index in [1.54, 1.807) is 18.3 Å². The van der Waals surface area contributed by atoms with Crippen LogP contribution in [0.5, 0.6) is 6.08 Å². The topological polar surface area (TPSA) is 38.5 Å². The molecule has 18 heavy (non-hydrogen) atoms. The van der Waals surface area contributed by atoms with Gasteiger partial charge in [0.2, 0.25) is 0 Å². The molecular weight excluding hydrogens is 235 g/mol. The van der Waals surface area contributed by atoms with Gasteiger partial charge in [-0.05, 0) is 38.4 Å². The SMILES string of the molecule is CN(C)CCOc1ncc(-c2ccc(F)cc2)o1. The zero-order chi connectivity index (χ0) is 13.0. The molecule has 5 heteroatoms. The third kappa shape index (κ3) is 3.30.